The van der Waals surface area contributed by atoms with E-state index in [9.17, 15) is 4.79 Å². The Labute approximate surface area is 196 Å². The fourth-order valence-corrected chi connectivity index (χ4v) is 4.26. The van der Waals surface area contributed by atoms with Crippen molar-refractivity contribution in [2.75, 3.05) is 32.5 Å². The summed E-state index contributed by atoms with van der Waals surface area (Å²) in [4.78, 5) is 24.5. The second kappa shape index (κ2) is 9.24. The summed E-state index contributed by atoms with van der Waals surface area (Å²) in [6, 6.07) is 11.5. The maximum absolute atomic E-state index is 12.3. The summed E-state index contributed by atoms with van der Waals surface area (Å²) in [5, 5.41) is 14.5. The molecule has 1 aliphatic rings. The molecule has 5 rings (SSSR count). The van der Waals surface area contributed by atoms with Crippen molar-refractivity contribution >= 4 is 35.1 Å². The molecule has 0 unspecified atom stereocenters. The number of imidazole rings is 1. The van der Waals surface area contributed by atoms with Gasteiger partial charge in [0.1, 0.15) is 10.7 Å². The molecule has 3 N–H and O–H groups in total. The normalized spacial score (nSPS) is 13.5. The first-order chi connectivity index (χ1) is 16.0. The summed E-state index contributed by atoms with van der Waals surface area (Å²) < 4.78 is 1.90. The zero-order valence-electron chi connectivity index (χ0n) is 18.6. The van der Waals surface area contributed by atoms with E-state index >= 15 is 0 Å². The number of aromatic amines is 1. The van der Waals surface area contributed by atoms with E-state index in [1.54, 1.807) is 6.20 Å². The van der Waals surface area contributed by atoms with Gasteiger partial charge in [-0.15, -0.1) is 0 Å². The Morgan fingerprint density at radius 2 is 2.06 bits per heavy atom. The van der Waals surface area contributed by atoms with Crippen LogP contribution < -0.4 is 10.6 Å². The Bertz CT molecular complexity index is 1260. The van der Waals surface area contributed by atoms with E-state index in [1.807, 2.05) is 66.0 Å². The number of nitrogens with zero attached hydrogens (tertiary/aromatic N) is 5. The highest BCUT2D eigenvalue weighted by molar-refractivity contribution is 7.99. The van der Waals surface area contributed by atoms with Crippen LogP contribution in [0.25, 0.3) is 5.65 Å². The Hall–Kier alpha value is -3.37. The number of carbonyl (C=O) groups is 1. The van der Waals surface area contributed by atoms with Crippen molar-refractivity contribution in [3.05, 3.63) is 60.0 Å². The first-order valence-electron chi connectivity index (χ1n) is 10.9. The topological polar surface area (TPSA) is 103 Å². The van der Waals surface area contributed by atoms with Crippen LogP contribution in [0, 0.1) is 0 Å². The lowest BCUT2D eigenvalue weighted by Gasteiger charge is -2.11. The van der Waals surface area contributed by atoms with E-state index in [0.29, 0.717) is 24.0 Å². The van der Waals surface area contributed by atoms with E-state index in [0.717, 1.165) is 33.6 Å². The van der Waals surface area contributed by atoms with Crippen molar-refractivity contribution in [2.24, 2.45) is 0 Å². The molecule has 10 heteroatoms. The maximum atomic E-state index is 12.3. The van der Waals surface area contributed by atoms with Crippen LogP contribution in [0.2, 0.25) is 0 Å². The molecule has 1 saturated carbocycles. The molecule has 9 nitrogen and oxygen atoms in total. The number of fused-ring (bicyclic) bond motifs is 1. The molecule has 1 amide bonds. The van der Waals surface area contributed by atoms with Crippen molar-refractivity contribution in [1.82, 2.24) is 34.8 Å². The molecule has 0 radical (unpaired) electrons. The summed E-state index contributed by atoms with van der Waals surface area (Å²) in [5.74, 6) is 1.93. The van der Waals surface area contributed by atoms with Crippen LogP contribution in [0.5, 0.6) is 0 Å². The summed E-state index contributed by atoms with van der Waals surface area (Å²) in [6.45, 7) is 1.42. The molecule has 0 spiro atoms. The Morgan fingerprint density at radius 1 is 1.24 bits per heavy atom. The average molecular weight is 463 g/mol. The van der Waals surface area contributed by atoms with Gasteiger partial charge < -0.3 is 15.5 Å². The van der Waals surface area contributed by atoms with Crippen molar-refractivity contribution in [2.45, 2.75) is 28.7 Å². The molecular weight excluding hydrogens is 436 g/mol. The third kappa shape index (κ3) is 5.18. The highest BCUT2D eigenvalue weighted by atomic mass is 32.2. The number of aromatic nitrogens is 5. The van der Waals surface area contributed by atoms with E-state index in [1.165, 1.54) is 24.6 Å². The number of hydrogen-bond donors (Lipinski definition) is 3. The predicted molar refractivity (Wildman–Crippen MR) is 128 cm³/mol. The van der Waals surface area contributed by atoms with Crippen LogP contribution in [0.1, 0.15) is 34.8 Å². The zero-order valence-corrected chi connectivity index (χ0v) is 19.4. The maximum Gasteiger partial charge on any atom is 0.251 e. The second-order valence-corrected chi connectivity index (χ2v) is 9.46. The van der Waals surface area contributed by atoms with Gasteiger partial charge in [-0.05, 0) is 51.2 Å². The second-order valence-electron chi connectivity index (χ2n) is 8.37. The monoisotopic (exact) mass is 462 g/mol. The van der Waals surface area contributed by atoms with Gasteiger partial charge in [-0.2, -0.15) is 5.10 Å². The molecule has 4 aromatic rings. The van der Waals surface area contributed by atoms with Crippen LogP contribution in [0.4, 0.5) is 11.8 Å². The van der Waals surface area contributed by atoms with E-state index in [-0.39, 0.29) is 5.91 Å². The lowest BCUT2D eigenvalue weighted by atomic mass is 10.2. The molecule has 3 heterocycles. The Morgan fingerprint density at radius 3 is 2.82 bits per heavy atom. The van der Waals surface area contributed by atoms with Crippen LogP contribution in [-0.2, 0) is 0 Å². The number of hydrogen-bond acceptors (Lipinski definition) is 7. The summed E-state index contributed by atoms with van der Waals surface area (Å²) >= 11 is 1.52. The van der Waals surface area contributed by atoms with E-state index in [2.05, 4.69) is 25.8 Å². The van der Waals surface area contributed by atoms with Gasteiger partial charge in [-0.3, -0.25) is 14.3 Å². The predicted octanol–water partition coefficient (Wildman–Crippen LogP) is 3.52. The van der Waals surface area contributed by atoms with Gasteiger partial charge in [-0.1, -0.05) is 11.8 Å². The molecule has 3 aromatic heterocycles. The Kier molecular flexibility index (Phi) is 6.01. The highest BCUT2D eigenvalue weighted by Gasteiger charge is 2.25. The third-order valence-corrected chi connectivity index (χ3v) is 6.33. The van der Waals surface area contributed by atoms with Gasteiger partial charge in [0.2, 0.25) is 5.95 Å². The van der Waals surface area contributed by atoms with Gasteiger partial charge in [0.05, 0.1) is 0 Å². The smallest absolute Gasteiger partial charge is 0.251 e. The number of carbonyl (C=O) groups excluding carboxylic acids is 1. The number of likely N-dealkylation sites (N-methyl/N-ethyl adjacent to an activating group) is 1. The summed E-state index contributed by atoms with van der Waals surface area (Å²) in [7, 11) is 3.96. The molecule has 170 valence electrons. The largest absolute Gasteiger partial charge is 0.351 e. The van der Waals surface area contributed by atoms with E-state index < -0.39 is 0 Å². The minimum absolute atomic E-state index is 0.0682. The minimum atomic E-state index is -0.0682. The molecule has 0 bridgehead atoms. The molecule has 1 aromatic carbocycles. The first kappa shape index (κ1) is 21.5. The fourth-order valence-electron chi connectivity index (χ4n) is 3.45. The number of anilines is 2. The van der Waals surface area contributed by atoms with Crippen molar-refractivity contribution in [1.29, 1.82) is 0 Å². The summed E-state index contributed by atoms with van der Waals surface area (Å²) in [5.41, 5.74) is 2.60. The molecule has 0 atom stereocenters. The van der Waals surface area contributed by atoms with Gasteiger partial charge >= 0.3 is 0 Å². The molecule has 1 aliphatic carbocycles. The molecular formula is C23H26N8OS. The van der Waals surface area contributed by atoms with Gasteiger partial charge in [0.25, 0.3) is 5.91 Å². The SMILES string of the molecule is CN(C)CCNC(=O)c1ccc(Sc2cc3nccn3c(Nc3cc(C4CC4)[nH]n3)n2)cc1. The Balaban J connectivity index is 1.30. The van der Waals surface area contributed by atoms with Crippen molar-refractivity contribution in [3.63, 3.8) is 0 Å². The molecule has 33 heavy (non-hydrogen) atoms. The third-order valence-electron chi connectivity index (χ3n) is 5.40. The van der Waals surface area contributed by atoms with Crippen molar-refractivity contribution < 1.29 is 4.79 Å². The number of H-pyrrole nitrogens is 1. The number of nitrogens with one attached hydrogen (secondary N) is 3. The van der Waals surface area contributed by atoms with Crippen LogP contribution in [0.15, 0.2) is 58.7 Å². The standard InChI is InChI=1S/C23H26N8OS/c1-30(2)11-9-25-22(32)16-5-7-17(8-6-16)33-21-14-20-24-10-12-31(20)23(27-21)26-19-13-18(28-29-19)15-3-4-15/h5-8,10,12-15H,3-4,9,11H2,1-2H3,(H,25,32)(H2,26,27,28,29). The minimum Gasteiger partial charge on any atom is -0.351 e. The van der Waals surface area contributed by atoms with Gasteiger partial charge in [0.15, 0.2) is 5.82 Å². The lowest BCUT2D eigenvalue weighted by molar-refractivity contribution is 0.0951. The van der Waals surface area contributed by atoms with Crippen molar-refractivity contribution in [3.8, 4) is 0 Å². The number of amides is 1. The van der Waals surface area contributed by atoms with E-state index in [4.69, 9.17) is 4.98 Å². The van der Waals surface area contributed by atoms with Crippen LogP contribution in [-0.4, -0.2) is 62.6 Å². The zero-order chi connectivity index (χ0) is 22.8. The molecule has 0 aliphatic heterocycles. The van der Waals surface area contributed by atoms with Gasteiger partial charge in [-0.25, -0.2) is 9.97 Å². The molecule has 0 saturated heterocycles. The first-order valence-corrected chi connectivity index (χ1v) is 11.7. The lowest BCUT2D eigenvalue weighted by Crippen LogP contribution is -2.31. The number of rotatable bonds is 9. The number of benzene rings is 1. The van der Waals surface area contributed by atoms with Crippen LogP contribution >= 0.6 is 11.8 Å². The summed E-state index contributed by atoms with van der Waals surface area (Å²) in [6.07, 6.45) is 6.06. The van der Waals surface area contributed by atoms with Gasteiger partial charge in [0, 0.05) is 59.7 Å². The van der Waals surface area contributed by atoms with Crippen LogP contribution in [0.3, 0.4) is 0 Å². The quantitative estimate of drug-likeness (QED) is 0.327. The average Bonchev–Trinajstić information content (AvgIpc) is 3.35. The molecule has 1 fully saturated rings. The highest BCUT2D eigenvalue weighted by Crippen LogP contribution is 2.39. The fraction of sp³-hybridized carbons (Fsp3) is 0.304.